The smallest absolute Gasteiger partial charge is 0.237 e. The summed E-state index contributed by atoms with van der Waals surface area (Å²) in [6.45, 7) is 0.245. The van der Waals surface area contributed by atoms with Crippen molar-refractivity contribution in [2.45, 2.75) is 11.2 Å². The molecule has 1 heterocycles. The molecule has 0 aliphatic carbocycles. The number of hydrogen-bond donors (Lipinski definition) is 0. The number of aliphatic carboxylic acids is 1. The molecule has 0 atom stereocenters. The number of carboxylic acid groups (broad SMARTS) is 1. The van der Waals surface area contributed by atoms with Crippen LogP contribution in [-0.2, 0) is 25.5 Å². The van der Waals surface area contributed by atoms with Crippen LogP contribution in [0.3, 0.4) is 0 Å². The molecule has 0 N–H and O–H groups in total. The van der Waals surface area contributed by atoms with Crippen LogP contribution in [0.5, 0.6) is 0 Å². The maximum absolute atomic E-state index is 12.1. The molecule has 5 heteroatoms. The molecule has 4 rings (SSSR count). The third-order valence-corrected chi connectivity index (χ3v) is 5.44. The van der Waals surface area contributed by atoms with Crippen LogP contribution in [0.1, 0.15) is 16.7 Å². The minimum absolute atomic E-state index is 0.123. The van der Waals surface area contributed by atoms with Gasteiger partial charge in [-0.3, -0.25) is 0 Å². The number of carboxylic acids is 1. The molecule has 3 aromatic rings. The van der Waals surface area contributed by atoms with Gasteiger partial charge >= 0.3 is 0 Å². The summed E-state index contributed by atoms with van der Waals surface area (Å²) >= 11 is 5.94. The second kappa shape index (κ2) is 7.40. The summed E-state index contributed by atoms with van der Waals surface area (Å²) in [7, 11) is 0. The van der Waals surface area contributed by atoms with Crippen LogP contribution in [0.25, 0.3) is 0 Å². The van der Waals surface area contributed by atoms with E-state index in [4.69, 9.17) is 21.1 Å². The van der Waals surface area contributed by atoms with Gasteiger partial charge < -0.3 is 19.4 Å². The van der Waals surface area contributed by atoms with Crippen LogP contribution in [-0.4, -0.2) is 19.2 Å². The molecule has 0 aromatic heterocycles. The highest BCUT2D eigenvalue weighted by molar-refractivity contribution is 6.30. The Bertz CT molecular complexity index is 905. The maximum atomic E-state index is 12.1. The van der Waals surface area contributed by atoms with Gasteiger partial charge in [0.25, 0.3) is 0 Å². The zero-order valence-corrected chi connectivity index (χ0v) is 15.8. The molecule has 4 nitrogen and oxygen atoms in total. The van der Waals surface area contributed by atoms with E-state index in [0.29, 0.717) is 10.6 Å². The highest BCUT2D eigenvalue weighted by atomic mass is 35.5. The van der Waals surface area contributed by atoms with Gasteiger partial charge in [-0.25, -0.2) is 0 Å². The molecule has 142 valence electrons. The molecule has 0 bridgehead atoms. The predicted octanol–water partition coefficient (Wildman–Crippen LogP) is 3.28. The van der Waals surface area contributed by atoms with Crippen LogP contribution < -0.4 is 5.11 Å². The number of carbonyl (C=O) groups excluding carboxylic acids is 1. The van der Waals surface area contributed by atoms with E-state index in [1.165, 1.54) is 0 Å². The van der Waals surface area contributed by atoms with E-state index in [9.17, 15) is 9.90 Å². The van der Waals surface area contributed by atoms with Crippen LogP contribution in [0.15, 0.2) is 84.9 Å². The molecular weight excluding hydrogens is 376 g/mol. The van der Waals surface area contributed by atoms with Gasteiger partial charge in [-0.15, -0.1) is 0 Å². The van der Waals surface area contributed by atoms with Gasteiger partial charge in [0.1, 0.15) is 5.97 Å². The van der Waals surface area contributed by atoms with Crippen LogP contribution >= 0.6 is 11.6 Å². The minimum Gasteiger partial charge on any atom is -0.544 e. The largest absolute Gasteiger partial charge is 0.544 e. The zero-order chi connectivity index (χ0) is 19.6. The molecular formula is C23H18ClO4-. The highest BCUT2D eigenvalue weighted by Gasteiger charge is 2.48. The van der Waals surface area contributed by atoms with Gasteiger partial charge in [-0.1, -0.05) is 84.4 Å². The Balaban J connectivity index is 1.76. The summed E-state index contributed by atoms with van der Waals surface area (Å²) in [5, 5.41) is 12.5. The highest BCUT2D eigenvalue weighted by Crippen LogP contribution is 2.42. The summed E-state index contributed by atoms with van der Waals surface area (Å²) in [4.78, 5) is 12.1. The molecule has 0 spiro atoms. The van der Waals surface area contributed by atoms with Crippen LogP contribution in [0, 0.1) is 0 Å². The summed E-state index contributed by atoms with van der Waals surface area (Å²) in [6.07, 6.45) is 0. The lowest BCUT2D eigenvalue weighted by atomic mass is 9.75. The summed E-state index contributed by atoms with van der Waals surface area (Å²) in [5.41, 5.74) is 1.69. The van der Waals surface area contributed by atoms with Crippen molar-refractivity contribution < 1.29 is 19.4 Å². The van der Waals surface area contributed by atoms with Crippen LogP contribution in [0.2, 0.25) is 5.02 Å². The minimum atomic E-state index is -1.97. The first-order valence-corrected chi connectivity index (χ1v) is 9.31. The fourth-order valence-corrected chi connectivity index (χ4v) is 3.75. The van der Waals surface area contributed by atoms with Crippen molar-refractivity contribution in [3.05, 3.63) is 107 Å². The third kappa shape index (κ3) is 3.10. The number of hydrogen-bond acceptors (Lipinski definition) is 4. The van der Waals surface area contributed by atoms with Crippen molar-refractivity contribution in [3.8, 4) is 0 Å². The second-order valence-corrected chi connectivity index (χ2v) is 7.24. The molecule has 0 saturated carbocycles. The average molecular weight is 394 g/mol. The monoisotopic (exact) mass is 393 g/mol. The van der Waals surface area contributed by atoms with Gasteiger partial charge in [0.2, 0.25) is 5.79 Å². The summed E-state index contributed by atoms with van der Waals surface area (Å²) < 4.78 is 11.9. The van der Waals surface area contributed by atoms with Crippen molar-refractivity contribution in [2.75, 3.05) is 13.2 Å². The number of benzene rings is 3. The van der Waals surface area contributed by atoms with Crippen LogP contribution in [0.4, 0.5) is 0 Å². The van der Waals surface area contributed by atoms with Gasteiger partial charge in [0.05, 0.1) is 18.6 Å². The maximum Gasteiger partial charge on any atom is 0.237 e. The van der Waals surface area contributed by atoms with E-state index in [-0.39, 0.29) is 13.2 Å². The Labute approximate surface area is 168 Å². The number of carbonyl (C=O) groups is 1. The predicted molar refractivity (Wildman–Crippen MR) is 104 cm³/mol. The van der Waals surface area contributed by atoms with Crippen molar-refractivity contribution >= 4 is 17.6 Å². The third-order valence-electron chi connectivity index (χ3n) is 5.19. The standard InChI is InChI=1S/C23H19ClO4/c24-20-13-11-19(12-14-20)23(21(25)26)27-15-22(16-28-23,17-7-3-1-4-8-17)18-9-5-2-6-10-18/h1-14H,15-16H2,(H,25,26)/p-1. The molecule has 1 aliphatic rings. The van der Waals surface area contributed by atoms with Crippen molar-refractivity contribution in [1.29, 1.82) is 0 Å². The quantitative estimate of drug-likeness (QED) is 0.682. The lowest BCUT2D eigenvalue weighted by Crippen LogP contribution is -2.58. The van der Waals surface area contributed by atoms with Crippen molar-refractivity contribution in [1.82, 2.24) is 0 Å². The zero-order valence-electron chi connectivity index (χ0n) is 15.0. The fourth-order valence-electron chi connectivity index (χ4n) is 3.62. The van der Waals surface area contributed by atoms with Crippen molar-refractivity contribution in [3.63, 3.8) is 0 Å². The normalized spacial score (nSPS) is 17.8. The second-order valence-electron chi connectivity index (χ2n) is 6.80. The molecule has 3 aromatic carbocycles. The van der Waals surface area contributed by atoms with Gasteiger partial charge in [0.15, 0.2) is 0 Å². The molecule has 0 amide bonds. The van der Waals surface area contributed by atoms with E-state index < -0.39 is 17.2 Å². The molecule has 1 aliphatic heterocycles. The number of rotatable bonds is 4. The Hall–Kier alpha value is -2.66. The number of halogens is 1. The van der Waals surface area contributed by atoms with E-state index in [1.807, 2.05) is 60.7 Å². The van der Waals surface area contributed by atoms with Gasteiger partial charge in [-0.05, 0) is 23.3 Å². The Morgan fingerprint density at radius 1 is 0.750 bits per heavy atom. The molecule has 1 saturated heterocycles. The first-order valence-electron chi connectivity index (χ1n) is 8.93. The first kappa shape index (κ1) is 18.7. The van der Waals surface area contributed by atoms with E-state index >= 15 is 0 Å². The molecule has 1 fully saturated rings. The Morgan fingerprint density at radius 3 is 1.64 bits per heavy atom. The molecule has 0 radical (unpaired) electrons. The Kier molecular flexibility index (Phi) is 4.94. The number of ether oxygens (including phenoxy) is 2. The Morgan fingerprint density at radius 2 is 1.21 bits per heavy atom. The molecule has 0 unspecified atom stereocenters. The average Bonchev–Trinajstić information content (AvgIpc) is 2.75. The fraction of sp³-hybridized carbons (Fsp3) is 0.174. The topological polar surface area (TPSA) is 58.6 Å². The lowest BCUT2D eigenvalue weighted by Gasteiger charge is -2.47. The van der Waals surface area contributed by atoms with Gasteiger partial charge in [0, 0.05) is 10.6 Å². The van der Waals surface area contributed by atoms with Crippen molar-refractivity contribution in [2.24, 2.45) is 0 Å². The van der Waals surface area contributed by atoms with Gasteiger partial charge in [-0.2, -0.15) is 0 Å². The van der Waals surface area contributed by atoms with E-state index in [0.717, 1.165) is 11.1 Å². The SMILES string of the molecule is O=C([O-])C1(c2ccc(Cl)cc2)OCC(c2ccccc2)(c2ccccc2)CO1. The van der Waals surface area contributed by atoms with E-state index in [1.54, 1.807) is 24.3 Å². The molecule has 28 heavy (non-hydrogen) atoms. The first-order chi connectivity index (χ1) is 13.6. The summed E-state index contributed by atoms with van der Waals surface area (Å²) in [5.74, 6) is -3.41. The summed E-state index contributed by atoms with van der Waals surface area (Å²) in [6, 6.07) is 26.0. The lowest BCUT2D eigenvalue weighted by molar-refractivity contribution is -0.376. The van der Waals surface area contributed by atoms with E-state index in [2.05, 4.69) is 0 Å².